The highest BCUT2D eigenvalue weighted by atomic mass is 16.5. The molecule has 0 aliphatic rings. The minimum Gasteiger partial charge on any atom is -0.497 e. The maximum absolute atomic E-state index is 12.2. The van der Waals surface area contributed by atoms with Crippen LogP contribution in [-0.4, -0.2) is 27.0 Å². The van der Waals surface area contributed by atoms with Crippen molar-refractivity contribution in [3.8, 4) is 5.75 Å². The summed E-state index contributed by atoms with van der Waals surface area (Å²) in [6.07, 6.45) is 0.417. The standard InChI is InChI=1S/C17H19NO2/c1-18(2)15-8-4-13(5-9-15)12-17(19)14-6-10-16(20-3)11-7-14/h4-11H,12H2,1-3H3. The number of anilines is 1. The van der Waals surface area contributed by atoms with Gasteiger partial charge in [-0.3, -0.25) is 4.79 Å². The molecule has 0 N–H and O–H groups in total. The van der Waals surface area contributed by atoms with Crippen molar-refractivity contribution in [3.05, 3.63) is 59.7 Å². The summed E-state index contributed by atoms with van der Waals surface area (Å²) in [5.74, 6) is 0.877. The lowest BCUT2D eigenvalue weighted by atomic mass is 10.0. The van der Waals surface area contributed by atoms with Gasteiger partial charge < -0.3 is 9.64 Å². The predicted molar refractivity (Wildman–Crippen MR) is 81.8 cm³/mol. The van der Waals surface area contributed by atoms with E-state index in [0.717, 1.165) is 17.0 Å². The summed E-state index contributed by atoms with van der Waals surface area (Å²) in [5, 5.41) is 0. The van der Waals surface area contributed by atoms with E-state index in [1.54, 1.807) is 19.2 Å². The minimum absolute atomic E-state index is 0.116. The Morgan fingerprint density at radius 1 is 1.00 bits per heavy atom. The summed E-state index contributed by atoms with van der Waals surface area (Å²) < 4.78 is 5.09. The number of ketones is 1. The van der Waals surface area contributed by atoms with Crippen molar-refractivity contribution < 1.29 is 9.53 Å². The van der Waals surface area contributed by atoms with Crippen LogP contribution in [0.5, 0.6) is 5.75 Å². The van der Waals surface area contributed by atoms with E-state index in [1.807, 2.05) is 55.4 Å². The lowest BCUT2D eigenvalue weighted by molar-refractivity contribution is 0.0993. The molecule has 2 rings (SSSR count). The quantitative estimate of drug-likeness (QED) is 0.781. The van der Waals surface area contributed by atoms with Crippen molar-refractivity contribution in [1.82, 2.24) is 0 Å². The number of rotatable bonds is 5. The number of nitrogens with zero attached hydrogens (tertiary/aromatic N) is 1. The molecule has 0 unspecified atom stereocenters. The average Bonchev–Trinajstić information content (AvgIpc) is 2.48. The second-order valence-corrected chi connectivity index (χ2v) is 4.89. The maximum atomic E-state index is 12.2. The van der Waals surface area contributed by atoms with Gasteiger partial charge in [0.25, 0.3) is 0 Å². The largest absolute Gasteiger partial charge is 0.497 e. The normalized spacial score (nSPS) is 10.2. The number of ether oxygens (including phenoxy) is 1. The molecular formula is C17H19NO2. The molecule has 3 heteroatoms. The van der Waals surface area contributed by atoms with Crippen molar-refractivity contribution in [1.29, 1.82) is 0 Å². The third-order valence-electron chi connectivity index (χ3n) is 3.23. The summed E-state index contributed by atoms with van der Waals surface area (Å²) >= 11 is 0. The monoisotopic (exact) mass is 269 g/mol. The average molecular weight is 269 g/mol. The lowest BCUT2D eigenvalue weighted by Gasteiger charge is -2.12. The van der Waals surface area contributed by atoms with Gasteiger partial charge in [0.2, 0.25) is 0 Å². The Balaban J connectivity index is 2.06. The number of methoxy groups -OCH3 is 1. The zero-order valence-electron chi connectivity index (χ0n) is 12.1. The van der Waals surface area contributed by atoms with E-state index in [0.29, 0.717) is 12.0 Å². The maximum Gasteiger partial charge on any atom is 0.167 e. The molecule has 0 bridgehead atoms. The van der Waals surface area contributed by atoms with Crippen molar-refractivity contribution in [2.24, 2.45) is 0 Å². The SMILES string of the molecule is COc1ccc(C(=O)Cc2ccc(N(C)C)cc2)cc1. The number of hydrogen-bond donors (Lipinski definition) is 0. The van der Waals surface area contributed by atoms with Crippen LogP contribution in [0.15, 0.2) is 48.5 Å². The van der Waals surface area contributed by atoms with E-state index in [9.17, 15) is 4.79 Å². The highest BCUT2D eigenvalue weighted by molar-refractivity contribution is 5.97. The molecule has 2 aromatic rings. The fourth-order valence-electron chi connectivity index (χ4n) is 1.98. The minimum atomic E-state index is 0.116. The molecule has 0 spiro atoms. The number of carbonyl (C=O) groups excluding carboxylic acids is 1. The van der Waals surface area contributed by atoms with Crippen LogP contribution in [0.4, 0.5) is 5.69 Å². The van der Waals surface area contributed by atoms with Gasteiger partial charge in [0, 0.05) is 31.8 Å². The van der Waals surface area contributed by atoms with E-state index in [2.05, 4.69) is 0 Å². The molecule has 104 valence electrons. The van der Waals surface area contributed by atoms with Gasteiger partial charge in [-0.25, -0.2) is 0 Å². The predicted octanol–water partition coefficient (Wildman–Crippen LogP) is 3.19. The Hall–Kier alpha value is -2.29. The van der Waals surface area contributed by atoms with Gasteiger partial charge in [0.1, 0.15) is 5.75 Å². The molecule has 3 nitrogen and oxygen atoms in total. The van der Waals surface area contributed by atoms with Crippen LogP contribution in [0.3, 0.4) is 0 Å². The first-order valence-corrected chi connectivity index (χ1v) is 6.53. The van der Waals surface area contributed by atoms with Crippen molar-refractivity contribution in [3.63, 3.8) is 0 Å². The van der Waals surface area contributed by atoms with Gasteiger partial charge in [0.05, 0.1) is 7.11 Å². The van der Waals surface area contributed by atoms with Crippen LogP contribution in [0.1, 0.15) is 15.9 Å². The fourth-order valence-corrected chi connectivity index (χ4v) is 1.98. The molecule has 0 aliphatic heterocycles. The zero-order chi connectivity index (χ0) is 14.5. The summed E-state index contributed by atoms with van der Waals surface area (Å²) in [6.45, 7) is 0. The molecule has 0 aromatic heterocycles. The molecule has 0 fully saturated rings. The second-order valence-electron chi connectivity index (χ2n) is 4.89. The summed E-state index contributed by atoms with van der Waals surface area (Å²) in [4.78, 5) is 14.2. The fraction of sp³-hybridized carbons (Fsp3) is 0.235. The van der Waals surface area contributed by atoms with Crippen LogP contribution in [0.25, 0.3) is 0 Å². The molecule has 0 atom stereocenters. The Labute approximate surface area is 119 Å². The lowest BCUT2D eigenvalue weighted by Crippen LogP contribution is -2.09. The topological polar surface area (TPSA) is 29.5 Å². The van der Waals surface area contributed by atoms with Crippen LogP contribution < -0.4 is 9.64 Å². The first-order chi connectivity index (χ1) is 9.60. The van der Waals surface area contributed by atoms with Crippen molar-refractivity contribution in [2.45, 2.75) is 6.42 Å². The summed E-state index contributed by atoms with van der Waals surface area (Å²) in [5.41, 5.74) is 2.87. The van der Waals surface area contributed by atoms with E-state index >= 15 is 0 Å². The Kier molecular flexibility index (Phi) is 4.41. The molecule has 20 heavy (non-hydrogen) atoms. The van der Waals surface area contributed by atoms with Gasteiger partial charge in [0.15, 0.2) is 5.78 Å². The molecule has 0 radical (unpaired) electrons. The van der Waals surface area contributed by atoms with Gasteiger partial charge in [-0.1, -0.05) is 12.1 Å². The van der Waals surface area contributed by atoms with Crippen LogP contribution in [-0.2, 0) is 6.42 Å². The van der Waals surface area contributed by atoms with E-state index < -0.39 is 0 Å². The molecule has 0 aliphatic carbocycles. The third kappa shape index (κ3) is 3.38. The van der Waals surface area contributed by atoms with Gasteiger partial charge in [-0.15, -0.1) is 0 Å². The number of Topliss-reactive ketones (excluding diaryl/α,β-unsaturated/α-hetero) is 1. The van der Waals surface area contributed by atoms with Gasteiger partial charge >= 0.3 is 0 Å². The number of hydrogen-bond acceptors (Lipinski definition) is 3. The van der Waals surface area contributed by atoms with Gasteiger partial charge in [-0.05, 0) is 42.0 Å². The Morgan fingerprint density at radius 2 is 1.60 bits per heavy atom. The summed E-state index contributed by atoms with van der Waals surface area (Å²) in [6, 6.07) is 15.3. The van der Waals surface area contributed by atoms with Crippen LogP contribution in [0, 0.1) is 0 Å². The molecular weight excluding hydrogens is 250 g/mol. The highest BCUT2D eigenvalue weighted by Crippen LogP contribution is 2.16. The zero-order valence-corrected chi connectivity index (χ0v) is 12.1. The van der Waals surface area contributed by atoms with Crippen LogP contribution >= 0.6 is 0 Å². The van der Waals surface area contributed by atoms with E-state index in [1.165, 1.54) is 0 Å². The second kappa shape index (κ2) is 6.24. The summed E-state index contributed by atoms with van der Waals surface area (Å²) in [7, 11) is 5.61. The smallest absolute Gasteiger partial charge is 0.167 e. The number of benzene rings is 2. The van der Waals surface area contributed by atoms with Crippen molar-refractivity contribution >= 4 is 11.5 Å². The first kappa shape index (κ1) is 14.1. The van der Waals surface area contributed by atoms with E-state index in [-0.39, 0.29) is 5.78 Å². The molecule has 0 saturated heterocycles. The van der Waals surface area contributed by atoms with Crippen LogP contribution in [0.2, 0.25) is 0 Å². The molecule has 0 amide bonds. The van der Waals surface area contributed by atoms with Crippen molar-refractivity contribution in [2.75, 3.05) is 26.1 Å². The highest BCUT2D eigenvalue weighted by Gasteiger charge is 2.07. The first-order valence-electron chi connectivity index (χ1n) is 6.53. The Morgan fingerprint density at radius 3 is 2.10 bits per heavy atom. The molecule has 2 aromatic carbocycles. The number of carbonyl (C=O) groups is 1. The third-order valence-corrected chi connectivity index (χ3v) is 3.23. The van der Waals surface area contributed by atoms with Gasteiger partial charge in [-0.2, -0.15) is 0 Å². The molecule has 0 saturated carbocycles. The Bertz CT molecular complexity index is 571. The van der Waals surface area contributed by atoms with E-state index in [4.69, 9.17) is 4.74 Å². The molecule has 0 heterocycles.